The van der Waals surface area contributed by atoms with Crippen molar-refractivity contribution in [2.75, 3.05) is 0 Å². The molecule has 14 heteroatoms. The molecular formula is C8F12O2. The summed E-state index contributed by atoms with van der Waals surface area (Å²) in [5.74, 6) is -30.1. The molecule has 0 saturated heterocycles. The van der Waals surface area contributed by atoms with Gasteiger partial charge in [-0.3, -0.25) is 9.59 Å². The number of hydrogen-bond donors (Lipinski definition) is 0. The van der Waals surface area contributed by atoms with Crippen LogP contribution in [0.25, 0.3) is 0 Å². The predicted molar refractivity (Wildman–Crippen MR) is 39.7 cm³/mol. The first-order valence-corrected chi connectivity index (χ1v) is 4.68. The zero-order valence-electron chi connectivity index (χ0n) is 9.35. The van der Waals surface area contributed by atoms with E-state index < -0.39 is 47.1 Å². The second kappa shape index (κ2) is 4.07. The summed E-state index contributed by atoms with van der Waals surface area (Å²) < 4.78 is 155. The number of carbonyl (C=O) groups excluding carboxylic acids is 2. The number of hydrogen-bond acceptors (Lipinski definition) is 2. The van der Waals surface area contributed by atoms with E-state index in [1.807, 2.05) is 0 Å². The molecule has 0 bridgehead atoms. The lowest BCUT2D eigenvalue weighted by Crippen LogP contribution is -2.87. The van der Waals surface area contributed by atoms with Gasteiger partial charge in [0, 0.05) is 0 Å². The molecule has 0 radical (unpaired) electrons. The lowest BCUT2D eigenvalue weighted by molar-refractivity contribution is -0.442. The highest BCUT2D eigenvalue weighted by atomic mass is 19.4. The Labute approximate surface area is 111 Å². The molecule has 22 heavy (non-hydrogen) atoms. The smallest absolute Gasteiger partial charge is 0.257 e. The summed E-state index contributed by atoms with van der Waals surface area (Å²) in [5.41, 5.74) is -14.5. The van der Waals surface area contributed by atoms with Crippen LogP contribution in [0.4, 0.5) is 52.7 Å². The molecule has 128 valence electrons. The van der Waals surface area contributed by atoms with E-state index in [1.54, 1.807) is 0 Å². The summed E-state index contributed by atoms with van der Waals surface area (Å²) in [7, 11) is 0. The van der Waals surface area contributed by atoms with Gasteiger partial charge in [0.25, 0.3) is 0 Å². The monoisotopic (exact) mass is 356 g/mol. The van der Waals surface area contributed by atoms with Crippen LogP contribution < -0.4 is 0 Å². The van der Waals surface area contributed by atoms with Crippen LogP contribution in [0, 0.1) is 0 Å². The highest BCUT2D eigenvalue weighted by Crippen LogP contribution is 2.69. The quantitative estimate of drug-likeness (QED) is 0.563. The molecule has 0 atom stereocenters. The fourth-order valence-electron chi connectivity index (χ4n) is 1.75. The van der Waals surface area contributed by atoms with Crippen molar-refractivity contribution in [3.05, 3.63) is 0 Å². The van der Waals surface area contributed by atoms with Crippen molar-refractivity contribution in [1.29, 1.82) is 0 Å². The van der Waals surface area contributed by atoms with Gasteiger partial charge in [-0.15, -0.1) is 0 Å². The zero-order valence-corrected chi connectivity index (χ0v) is 9.35. The summed E-state index contributed by atoms with van der Waals surface area (Å²) >= 11 is 0. The van der Waals surface area contributed by atoms with Crippen LogP contribution in [0.15, 0.2) is 0 Å². The number of rotatable bonds is 2. The van der Waals surface area contributed by atoms with Gasteiger partial charge < -0.3 is 0 Å². The Bertz CT molecular complexity index is 461. The van der Waals surface area contributed by atoms with Gasteiger partial charge in [-0.2, -0.15) is 43.9 Å². The Balaban J connectivity index is 4.02. The summed E-state index contributed by atoms with van der Waals surface area (Å²) in [6.45, 7) is 0. The zero-order chi connectivity index (χ0) is 18.2. The molecule has 2 nitrogen and oxygen atoms in total. The average molecular weight is 356 g/mol. The molecule has 1 aliphatic rings. The summed E-state index contributed by atoms with van der Waals surface area (Å²) in [6, 6.07) is -9.40. The summed E-state index contributed by atoms with van der Waals surface area (Å²) in [4.78, 5) is 19.9. The van der Waals surface area contributed by atoms with Gasteiger partial charge >= 0.3 is 47.1 Å². The fraction of sp³-hybridized carbons (Fsp3) is 0.750. The van der Waals surface area contributed by atoms with E-state index in [2.05, 4.69) is 0 Å². The standard InChI is InChI=1S/C8F12O2/c9-1(21)3(11)5(13,14)7(17,18)4(12,2(10)22)8(19,20)6(3,15)16. The molecule has 1 saturated carbocycles. The second-order valence-electron chi connectivity index (χ2n) is 4.16. The molecule has 0 aromatic rings. The normalized spacial score (nSPS) is 38.4. The van der Waals surface area contributed by atoms with Crippen molar-refractivity contribution in [3.8, 4) is 0 Å². The van der Waals surface area contributed by atoms with E-state index in [-0.39, 0.29) is 0 Å². The Morgan fingerprint density at radius 2 is 0.591 bits per heavy atom. The van der Waals surface area contributed by atoms with Gasteiger partial charge in [-0.25, -0.2) is 8.78 Å². The van der Waals surface area contributed by atoms with E-state index >= 15 is 0 Å². The molecule has 0 spiro atoms. The Hall–Kier alpha value is -1.50. The minimum Gasteiger partial charge on any atom is -0.257 e. The van der Waals surface area contributed by atoms with Crippen LogP contribution >= 0.6 is 0 Å². The molecule has 0 unspecified atom stereocenters. The van der Waals surface area contributed by atoms with Gasteiger partial charge in [-0.05, 0) is 0 Å². The molecule has 0 N–H and O–H groups in total. The maximum atomic E-state index is 13.3. The van der Waals surface area contributed by atoms with Crippen LogP contribution in [0.5, 0.6) is 0 Å². The average Bonchev–Trinajstić information content (AvgIpc) is 2.33. The molecule has 1 fully saturated rings. The largest absolute Gasteiger partial charge is 0.363 e. The SMILES string of the molecule is O=C(F)C1(F)C(F)(F)C(F)(F)C(F)(C(=O)F)C(F)(F)C1(F)F. The summed E-state index contributed by atoms with van der Waals surface area (Å²) in [5, 5.41) is 0. The molecular weight excluding hydrogens is 356 g/mol. The van der Waals surface area contributed by atoms with Gasteiger partial charge in [0.15, 0.2) is 0 Å². The van der Waals surface area contributed by atoms with Crippen LogP contribution in [0.1, 0.15) is 0 Å². The lowest BCUT2D eigenvalue weighted by atomic mass is 9.67. The second-order valence-corrected chi connectivity index (χ2v) is 4.16. The third-order valence-corrected chi connectivity index (χ3v) is 3.06. The van der Waals surface area contributed by atoms with E-state index in [0.717, 1.165) is 0 Å². The topological polar surface area (TPSA) is 34.1 Å². The molecule has 0 heterocycles. The van der Waals surface area contributed by atoms with E-state index in [0.29, 0.717) is 0 Å². The third-order valence-electron chi connectivity index (χ3n) is 3.06. The van der Waals surface area contributed by atoms with Crippen molar-refractivity contribution >= 4 is 12.1 Å². The minimum absolute atomic E-state index is 4.70. The van der Waals surface area contributed by atoms with Gasteiger partial charge in [0.05, 0.1) is 0 Å². The van der Waals surface area contributed by atoms with Crippen molar-refractivity contribution < 1.29 is 62.3 Å². The maximum absolute atomic E-state index is 13.3. The van der Waals surface area contributed by atoms with E-state index in [9.17, 15) is 62.3 Å². The van der Waals surface area contributed by atoms with E-state index in [4.69, 9.17) is 0 Å². The number of halogens is 12. The molecule has 0 aromatic carbocycles. The first-order valence-electron chi connectivity index (χ1n) is 4.68. The highest BCUT2D eigenvalue weighted by molar-refractivity contribution is 5.88. The number of carbonyl (C=O) groups is 2. The van der Waals surface area contributed by atoms with Crippen molar-refractivity contribution in [2.45, 2.75) is 35.0 Å². The summed E-state index contributed by atoms with van der Waals surface area (Å²) in [6.07, 6.45) is 0. The lowest BCUT2D eigenvalue weighted by Gasteiger charge is -2.51. The first kappa shape index (κ1) is 18.5. The predicted octanol–water partition coefficient (Wildman–Crippen LogP) is 2.95. The Kier molecular flexibility index (Phi) is 3.43. The third kappa shape index (κ3) is 1.36. The van der Waals surface area contributed by atoms with Crippen molar-refractivity contribution in [2.24, 2.45) is 0 Å². The Morgan fingerprint density at radius 3 is 0.682 bits per heavy atom. The van der Waals surface area contributed by atoms with Crippen LogP contribution in [-0.4, -0.2) is 47.1 Å². The molecule has 0 aliphatic heterocycles. The first-order chi connectivity index (χ1) is 9.39. The minimum atomic E-state index is -7.53. The van der Waals surface area contributed by atoms with Gasteiger partial charge in [0.2, 0.25) is 0 Å². The molecule has 0 amide bonds. The van der Waals surface area contributed by atoms with Crippen molar-refractivity contribution in [3.63, 3.8) is 0 Å². The van der Waals surface area contributed by atoms with Crippen LogP contribution in [0.3, 0.4) is 0 Å². The van der Waals surface area contributed by atoms with E-state index in [1.165, 1.54) is 0 Å². The van der Waals surface area contributed by atoms with Crippen LogP contribution in [-0.2, 0) is 9.59 Å². The van der Waals surface area contributed by atoms with Crippen LogP contribution in [0.2, 0.25) is 0 Å². The number of alkyl halides is 10. The van der Waals surface area contributed by atoms with Gasteiger partial charge in [-0.1, -0.05) is 0 Å². The Morgan fingerprint density at radius 1 is 0.455 bits per heavy atom. The highest BCUT2D eigenvalue weighted by Gasteiger charge is 3.03. The molecule has 0 aromatic heterocycles. The van der Waals surface area contributed by atoms with Gasteiger partial charge in [0.1, 0.15) is 0 Å². The van der Waals surface area contributed by atoms with Crippen molar-refractivity contribution in [1.82, 2.24) is 0 Å². The molecule has 1 rings (SSSR count). The maximum Gasteiger partial charge on any atom is 0.363 e. The fourth-order valence-corrected chi connectivity index (χ4v) is 1.75. The molecule has 1 aliphatic carbocycles.